The number of carbonyl (C=O) groups is 1. The zero-order valence-corrected chi connectivity index (χ0v) is 9.72. The van der Waals surface area contributed by atoms with Crippen LogP contribution < -0.4 is 4.90 Å². The molecule has 1 saturated heterocycles. The molecule has 0 unspecified atom stereocenters. The van der Waals surface area contributed by atoms with Crippen LogP contribution in [0.15, 0.2) is 24.3 Å². The van der Waals surface area contributed by atoms with Crippen molar-refractivity contribution in [1.82, 2.24) is 4.90 Å². The zero-order chi connectivity index (χ0) is 11.4. The van der Waals surface area contributed by atoms with Crippen molar-refractivity contribution in [1.29, 1.82) is 0 Å². The Labute approximate surface area is 96.7 Å². The van der Waals surface area contributed by atoms with E-state index >= 15 is 0 Å². The fourth-order valence-corrected chi connectivity index (χ4v) is 2.06. The molecule has 16 heavy (non-hydrogen) atoms. The van der Waals surface area contributed by atoms with Crippen molar-refractivity contribution in [2.75, 3.05) is 31.1 Å². The van der Waals surface area contributed by atoms with Crippen LogP contribution in [-0.4, -0.2) is 37.5 Å². The zero-order valence-electron chi connectivity index (χ0n) is 9.72. The van der Waals surface area contributed by atoms with Gasteiger partial charge >= 0.3 is 0 Å². The highest BCUT2D eigenvalue weighted by Crippen LogP contribution is 2.18. The van der Waals surface area contributed by atoms with Crippen molar-refractivity contribution >= 4 is 12.1 Å². The van der Waals surface area contributed by atoms with Gasteiger partial charge in [0.25, 0.3) is 0 Å². The minimum absolute atomic E-state index is 0.833. The highest BCUT2D eigenvalue weighted by atomic mass is 16.1. The lowest BCUT2D eigenvalue weighted by molar-refractivity contribution is -0.118. The van der Waals surface area contributed by atoms with Gasteiger partial charge < -0.3 is 9.80 Å². The molecule has 0 saturated carbocycles. The number of anilines is 1. The number of benzene rings is 1. The predicted molar refractivity (Wildman–Crippen MR) is 65.7 cm³/mol. The number of hydrogen-bond donors (Lipinski definition) is 0. The van der Waals surface area contributed by atoms with E-state index in [1.54, 1.807) is 0 Å². The first-order valence-electron chi connectivity index (χ1n) is 5.86. The van der Waals surface area contributed by atoms with Crippen LogP contribution in [0, 0.1) is 0 Å². The third kappa shape index (κ3) is 2.35. The Kier molecular flexibility index (Phi) is 3.44. The molecule has 0 bridgehead atoms. The van der Waals surface area contributed by atoms with E-state index in [1.807, 2.05) is 4.90 Å². The molecule has 3 heteroatoms. The average molecular weight is 218 g/mol. The molecule has 3 nitrogen and oxygen atoms in total. The van der Waals surface area contributed by atoms with Gasteiger partial charge in [-0.3, -0.25) is 4.79 Å². The molecule has 0 spiro atoms. The van der Waals surface area contributed by atoms with Gasteiger partial charge in [-0.25, -0.2) is 0 Å². The van der Waals surface area contributed by atoms with Crippen molar-refractivity contribution in [2.24, 2.45) is 0 Å². The van der Waals surface area contributed by atoms with Crippen molar-refractivity contribution in [3.63, 3.8) is 0 Å². The van der Waals surface area contributed by atoms with Crippen LogP contribution >= 0.6 is 0 Å². The molecule has 1 amide bonds. The topological polar surface area (TPSA) is 23.6 Å². The van der Waals surface area contributed by atoms with E-state index in [-0.39, 0.29) is 0 Å². The van der Waals surface area contributed by atoms with Crippen LogP contribution in [0.3, 0.4) is 0 Å². The lowest BCUT2D eigenvalue weighted by atomic mass is 10.1. The Morgan fingerprint density at radius 2 is 2.00 bits per heavy atom. The average Bonchev–Trinajstić information content (AvgIpc) is 2.39. The Bertz CT molecular complexity index is 357. The first kappa shape index (κ1) is 11.0. The van der Waals surface area contributed by atoms with Crippen molar-refractivity contribution in [2.45, 2.75) is 13.3 Å². The predicted octanol–water partition coefficient (Wildman–Crippen LogP) is 1.53. The van der Waals surface area contributed by atoms with E-state index in [4.69, 9.17) is 0 Å². The van der Waals surface area contributed by atoms with E-state index < -0.39 is 0 Å². The smallest absolute Gasteiger partial charge is 0.209 e. The second-order valence-corrected chi connectivity index (χ2v) is 4.15. The fraction of sp³-hybridized carbons (Fsp3) is 0.462. The van der Waals surface area contributed by atoms with Gasteiger partial charge in [0.05, 0.1) is 0 Å². The van der Waals surface area contributed by atoms with E-state index in [0.29, 0.717) is 0 Å². The molecule has 1 heterocycles. The summed E-state index contributed by atoms with van der Waals surface area (Å²) < 4.78 is 0. The van der Waals surface area contributed by atoms with Crippen LogP contribution in [0.2, 0.25) is 0 Å². The third-order valence-corrected chi connectivity index (χ3v) is 3.15. The minimum Gasteiger partial charge on any atom is -0.368 e. The molecule has 0 aliphatic carbocycles. The number of piperazine rings is 1. The summed E-state index contributed by atoms with van der Waals surface area (Å²) in [6, 6.07) is 8.66. The summed E-state index contributed by atoms with van der Waals surface area (Å²) in [4.78, 5) is 14.8. The number of amides is 1. The standard InChI is InChI=1S/C13H18N2O/c1-2-12-4-3-5-13(10-12)15-8-6-14(11-16)7-9-15/h3-5,10-11H,2,6-9H2,1H3. The van der Waals surface area contributed by atoms with Gasteiger partial charge in [-0.15, -0.1) is 0 Å². The van der Waals surface area contributed by atoms with E-state index in [1.165, 1.54) is 11.3 Å². The molecule has 0 atom stereocenters. The lowest BCUT2D eigenvalue weighted by Gasteiger charge is -2.34. The van der Waals surface area contributed by atoms with Gasteiger partial charge in [-0.05, 0) is 24.1 Å². The van der Waals surface area contributed by atoms with Gasteiger partial charge in [0, 0.05) is 31.9 Å². The van der Waals surface area contributed by atoms with Crippen LogP contribution in [0.25, 0.3) is 0 Å². The van der Waals surface area contributed by atoms with Crippen molar-refractivity contribution < 1.29 is 4.79 Å². The molecule has 1 aromatic carbocycles. The van der Waals surface area contributed by atoms with E-state index in [9.17, 15) is 4.79 Å². The monoisotopic (exact) mass is 218 g/mol. The molecule has 0 N–H and O–H groups in total. The molecular formula is C13H18N2O. The number of hydrogen-bond acceptors (Lipinski definition) is 2. The highest BCUT2D eigenvalue weighted by molar-refractivity contribution is 5.52. The van der Waals surface area contributed by atoms with Gasteiger partial charge in [-0.2, -0.15) is 0 Å². The maximum absolute atomic E-state index is 10.6. The number of rotatable bonds is 3. The molecular weight excluding hydrogens is 200 g/mol. The maximum Gasteiger partial charge on any atom is 0.209 e. The second-order valence-electron chi connectivity index (χ2n) is 4.15. The van der Waals surface area contributed by atoms with Gasteiger partial charge in [-0.1, -0.05) is 19.1 Å². The summed E-state index contributed by atoms with van der Waals surface area (Å²) in [5.41, 5.74) is 2.65. The molecule has 0 radical (unpaired) electrons. The molecule has 0 aromatic heterocycles. The van der Waals surface area contributed by atoms with Gasteiger partial charge in [0.2, 0.25) is 6.41 Å². The van der Waals surface area contributed by atoms with E-state index in [2.05, 4.69) is 36.1 Å². The second kappa shape index (κ2) is 5.01. The van der Waals surface area contributed by atoms with Crippen molar-refractivity contribution in [3.05, 3.63) is 29.8 Å². The Balaban J connectivity index is 2.04. The van der Waals surface area contributed by atoms with Gasteiger partial charge in [0.1, 0.15) is 0 Å². The summed E-state index contributed by atoms with van der Waals surface area (Å²) in [6.07, 6.45) is 2.02. The molecule has 1 fully saturated rings. The summed E-state index contributed by atoms with van der Waals surface area (Å²) in [5, 5.41) is 0. The summed E-state index contributed by atoms with van der Waals surface area (Å²) in [5.74, 6) is 0. The molecule has 2 rings (SSSR count). The first-order chi connectivity index (χ1) is 7.83. The largest absolute Gasteiger partial charge is 0.368 e. The lowest BCUT2D eigenvalue weighted by Crippen LogP contribution is -2.45. The van der Waals surface area contributed by atoms with Crippen LogP contribution in [0.5, 0.6) is 0 Å². The molecule has 86 valence electrons. The highest BCUT2D eigenvalue weighted by Gasteiger charge is 2.15. The molecule has 1 aromatic rings. The third-order valence-electron chi connectivity index (χ3n) is 3.15. The Hall–Kier alpha value is -1.51. The number of carbonyl (C=O) groups excluding carboxylic acids is 1. The minimum atomic E-state index is 0.833. The summed E-state index contributed by atoms with van der Waals surface area (Å²) in [7, 11) is 0. The SMILES string of the molecule is CCc1cccc(N2CCN(C=O)CC2)c1. The normalized spacial score (nSPS) is 16.3. The quantitative estimate of drug-likeness (QED) is 0.718. The molecule has 1 aliphatic heterocycles. The maximum atomic E-state index is 10.6. The number of nitrogens with zero attached hydrogens (tertiary/aromatic N) is 2. The summed E-state index contributed by atoms with van der Waals surface area (Å²) >= 11 is 0. The first-order valence-corrected chi connectivity index (χ1v) is 5.86. The van der Waals surface area contributed by atoms with Crippen LogP contribution in [0.1, 0.15) is 12.5 Å². The summed E-state index contributed by atoms with van der Waals surface area (Å²) in [6.45, 7) is 5.71. The van der Waals surface area contributed by atoms with Gasteiger partial charge in [0.15, 0.2) is 0 Å². The molecule has 1 aliphatic rings. The Morgan fingerprint density at radius 1 is 1.25 bits per heavy atom. The fourth-order valence-electron chi connectivity index (χ4n) is 2.06. The number of aryl methyl sites for hydroxylation is 1. The van der Waals surface area contributed by atoms with Crippen molar-refractivity contribution in [3.8, 4) is 0 Å². The van der Waals surface area contributed by atoms with Crippen LogP contribution in [-0.2, 0) is 11.2 Å². The van der Waals surface area contributed by atoms with E-state index in [0.717, 1.165) is 39.0 Å². The Morgan fingerprint density at radius 3 is 2.62 bits per heavy atom. The van der Waals surface area contributed by atoms with Crippen LogP contribution in [0.4, 0.5) is 5.69 Å².